The van der Waals surface area contributed by atoms with Crippen LogP contribution in [0.3, 0.4) is 0 Å². The van der Waals surface area contributed by atoms with Crippen LogP contribution < -0.4 is 10.1 Å². The number of halogens is 2. The molecule has 3 nitrogen and oxygen atoms in total. The lowest BCUT2D eigenvalue weighted by molar-refractivity contribution is 0.282. The van der Waals surface area contributed by atoms with Gasteiger partial charge in [-0.1, -0.05) is 24.3 Å². The van der Waals surface area contributed by atoms with Gasteiger partial charge in [0.05, 0.1) is 23.9 Å². The second kappa shape index (κ2) is 7.11. The van der Waals surface area contributed by atoms with Gasteiger partial charge in [-0.3, -0.25) is 0 Å². The molecule has 0 atom stereocenters. The summed E-state index contributed by atoms with van der Waals surface area (Å²) in [6.07, 6.45) is 0. The van der Waals surface area contributed by atoms with Crippen molar-refractivity contribution in [3.05, 3.63) is 56.5 Å². The van der Waals surface area contributed by atoms with Gasteiger partial charge in [0.1, 0.15) is 5.75 Å². The fraction of sp³-hybridized carbons (Fsp3) is 0.200. The molecular weight excluding hydrogens is 386 g/mol. The number of anilines is 1. The van der Waals surface area contributed by atoms with Crippen LogP contribution in [-0.4, -0.2) is 12.2 Å². The van der Waals surface area contributed by atoms with Crippen molar-refractivity contribution in [1.29, 1.82) is 0 Å². The van der Waals surface area contributed by atoms with Gasteiger partial charge in [-0.2, -0.15) is 0 Å². The van der Waals surface area contributed by atoms with Gasteiger partial charge >= 0.3 is 0 Å². The number of methoxy groups -OCH3 is 1. The first kappa shape index (κ1) is 15.4. The smallest absolute Gasteiger partial charge is 0.135 e. The summed E-state index contributed by atoms with van der Waals surface area (Å²) in [4.78, 5) is 0. The Kier molecular flexibility index (Phi) is 5.46. The third kappa shape index (κ3) is 3.75. The maximum absolute atomic E-state index is 9.02. The predicted molar refractivity (Wildman–Crippen MR) is 88.1 cm³/mol. The highest BCUT2D eigenvalue weighted by atomic mass is 79.9. The number of hydrogen-bond acceptors (Lipinski definition) is 3. The van der Waals surface area contributed by atoms with E-state index in [1.54, 1.807) is 7.11 Å². The fourth-order valence-electron chi connectivity index (χ4n) is 1.78. The van der Waals surface area contributed by atoms with Crippen LogP contribution in [0, 0.1) is 0 Å². The van der Waals surface area contributed by atoms with Crippen LogP contribution in [0.25, 0.3) is 0 Å². The normalized spacial score (nSPS) is 10.4. The summed E-state index contributed by atoms with van der Waals surface area (Å²) in [5.74, 6) is 0.784. The Bertz CT molecular complexity index is 585. The molecule has 106 valence electrons. The minimum atomic E-state index is 0.0726. The van der Waals surface area contributed by atoms with Crippen molar-refractivity contribution in [2.45, 2.75) is 13.2 Å². The summed E-state index contributed by atoms with van der Waals surface area (Å²) in [7, 11) is 1.64. The van der Waals surface area contributed by atoms with E-state index in [0.717, 1.165) is 31.5 Å². The molecule has 2 N–H and O–H groups in total. The van der Waals surface area contributed by atoms with E-state index in [9.17, 15) is 0 Å². The molecule has 0 heterocycles. The van der Waals surface area contributed by atoms with E-state index in [4.69, 9.17) is 9.84 Å². The molecule has 0 fully saturated rings. The lowest BCUT2D eigenvalue weighted by atomic mass is 10.1. The standard InChI is InChI=1S/C15H15Br2NO2/c1-20-15-7-14(12(16)6-13(15)17)18-8-10-2-4-11(9-19)5-3-10/h2-7,18-19H,8-9H2,1H3. The molecule has 5 heteroatoms. The molecule has 0 unspecified atom stereocenters. The molecule has 0 aliphatic heterocycles. The zero-order valence-electron chi connectivity index (χ0n) is 11.0. The van der Waals surface area contributed by atoms with Crippen LogP contribution >= 0.6 is 31.9 Å². The Morgan fingerprint density at radius 1 is 1.05 bits per heavy atom. The monoisotopic (exact) mass is 399 g/mol. The second-order valence-corrected chi connectivity index (χ2v) is 6.00. The van der Waals surface area contributed by atoms with E-state index in [1.165, 1.54) is 0 Å². The molecule has 2 aromatic carbocycles. The van der Waals surface area contributed by atoms with Crippen molar-refractivity contribution in [1.82, 2.24) is 0 Å². The van der Waals surface area contributed by atoms with E-state index in [2.05, 4.69) is 37.2 Å². The zero-order chi connectivity index (χ0) is 14.5. The van der Waals surface area contributed by atoms with Crippen molar-refractivity contribution < 1.29 is 9.84 Å². The Balaban J connectivity index is 2.09. The molecule has 0 spiro atoms. The van der Waals surface area contributed by atoms with Gasteiger partial charge in [-0.15, -0.1) is 0 Å². The lowest BCUT2D eigenvalue weighted by Gasteiger charge is -2.12. The number of hydrogen-bond donors (Lipinski definition) is 2. The highest BCUT2D eigenvalue weighted by Gasteiger charge is 2.07. The highest BCUT2D eigenvalue weighted by Crippen LogP contribution is 2.34. The minimum absolute atomic E-state index is 0.0726. The molecule has 20 heavy (non-hydrogen) atoms. The van der Waals surface area contributed by atoms with Gasteiger partial charge in [-0.05, 0) is 49.1 Å². The second-order valence-electron chi connectivity index (χ2n) is 4.29. The molecule has 0 aliphatic rings. The first-order chi connectivity index (χ1) is 9.63. The number of aliphatic hydroxyl groups is 1. The molecule has 0 aromatic heterocycles. The van der Waals surface area contributed by atoms with E-state index in [1.807, 2.05) is 36.4 Å². The molecule has 0 aliphatic carbocycles. The number of rotatable bonds is 5. The molecule has 0 saturated carbocycles. The van der Waals surface area contributed by atoms with E-state index in [-0.39, 0.29) is 6.61 Å². The van der Waals surface area contributed by atoms with E-state index < -0.39 is 0 Å². The van der Waals surface area contributed by atoms with Crippen molar-refractivity contribution in [3.8, 4) is 5.75 Å². The first-order valence-corrected chi connectivity index (χ1v) is 7.68. The molecule has 0 radical (unpaired) electrons. The molecule has 0 saturated heterocycles. The summed E-state index contributed by atoms with van der Waals surface area (Å²) in [5.41, 5.74) is 3.03. The third-order valence-electron chi connectivity index (χ3n) is 2.93. The average Bonchev–Trinajstić information content (AvgIpc) is 2.47. The maximum Gasteiger partial charge on any atom is 0.135 e. The van der Waals surface area contributed by atoms with Gasteiger partial charge in [-0.25, -0.2) is 0 Å². The largest absolute Gasteiger partial charge is 0.495 e. The van der Waals surface area contributed by atoms with Gasteiger partial charge in [0, 0.05) is 17.1 Å². The fourth-order valence-corrected chi connectivity index (χ4v) is 3.08. The van der Waals surface area contributed by atoms with Crippen molar-refractivity contribution >= 4 is 37.5 Å². The lowest BCUT2D eigenvalue weighted by Crippen LogP contribution is -2.01. The quantitative estimate of drug-likeness (QED) is 0.784. The summed E-state index contributed by atoms with van der Waals surface area (Å²) in [5, 5.41) is 12.4. The van der Waals surface area contributed by atoms with Crippen molar-refractivity contribution in [2.75, 3.05) is 12.4 Å². The van der Waals surface area contributed by atoms with Crippen LogP contribution in [-0.2, 0) is 13.2 Å². The topological polar surface area (TPSA) is 41.5 Å². The highest BCUT2D eigenvalue weighted by molar-refractivity contribution is 9.11. The van der Waals surface area contributed by atoms with Crippen LogP contribution in [0.5, 0.6) is 5.75 Å². The Labute approximate surface area is 135 Å². The minimum Gasteiger partial charge on any atom is -0.495 e. The summed E-state index contributed by atoms with van der Waals surface area (Å²) in [6, 6.07) is 11.7. The van der Waals surface area contributed by atoms with Gasteiger partial charge in [0.25, 0.3) is 0 Å². The Morgan fingerprint density at radius 2 is 1.70 bits per heavy atom. The molecule has 0 amide bonds. The van der Waals surface area contributed by atoms with Crippen molar-refractivity contribution in [3.63, 3.8) is 0 Å². The van der Waals surface area contributed by atoms with E-state index in [0.29, 0.717) is 6.54 Å². The van der Waals surface area contributed by atoms with Crippen molar-refractivity contribution in [2.24, 2.45) is 0 Å². The summed E-state index contributed by atoms with van der Waals surface area (Å²) in [6.45, 7) is 0.776. The molecule has 0 bridgehead atoms. The molecular formula is C15H15Br2NO2. The SMILES string of the molecule is COc1cc(NCc2ccc(CO)cc2)c(Br)cc1Br. The number of ether oxygens (including phenoxy) is 1. The number of nitrogens with one attached hydrogen (secondary N) is 1. The van der Waals surface area contributed by atoms with Gasteiger partial charge in [0.15, 0.2) is 0 Å². The first-order valence-electron chi connectivity index (χ1n) is 6.09. The summed E-state index contributed by atoms with van der Waals surface area (Å²) < 4.78 is 7.16. The van der Waals surface area contributed by atoms with Gasteiger partial charge in [0.2, 0.25) is 0 Å². The molecule has 2 aromatic rings. The maximum atomic E-state index is 9.02. The summed E-state index contributed by atoms with van der Waals surface area (Å²) >= 11 is 6.97. The number of aliphatic hydroxyl groups excluding tert-OH is 1. The third-order valence-corrected chi connectivity index (χ3v) is 4.21. The van der Waals surface area contributed by atoms with Crippen LogP contribution in [0.2, 0.25) is 0 Å². The average molecular weight is 401 g/mol. The number of benzene rings is 2. The van der Waals surface area contributed by atoms with Crippen LogP contribution in [0.15, 0.2) is 45.3 Å². The van der Waals surface area contributed by atoms with Gasteiger partial charge < -0.3 is 15.2 Å². The predicted octanol–water partition coefficient (Wildman–Crippen LogP) is 4.32. The zero-order valence-corrected chi connectivity index (χ0v) is 14.2. The van der Waals surface area contributed by atoms with Crippen LogP contribution in [0.1, 0.15) is 11.1 Å². The van der Waals surface area contributed by atoms with Crippen LogP contribution in [0.4, 0.5) is 5.69 Å². The molecule has 2 rings (SSSR count). The Hall–Kier alpha value is -1.04. The van der Waals surface area contributed by atoms with E-state index >= 15 is 0 Å². The Morgan fingerprint density at radius 3 is 2.30 bits per heavy atom.